The summed E-state index contributed by atoms with van der Waals surface area (Å²) < 4.78 is 0. The van der Waals surface area contributed by atoms with Crippen molar-refractivity contribution in [1.82, 2.24) is 4.90 Å². The number of aldehydes is 1. The molecule has 82 valence electrons. The number of hydrogen-bond donors (Lipinski definition) is 1. The smallest absolute Gasteiger partial charge is 0.123 e. The molecule has 0 aromatic heterocycles. The number of fused-ring (bicyclic) bond motifs is 1. The van der Waals surface area contributed by atoms with Crippen LogP contribution in [0, 0.1) is 0 Å². The van der Waals surface area contributed by atoms with Gasteiger partial charge in [-0.25, -0.2) is 0 Å². The quantitative estimate of drug-likeness (QED) is 0.781. The van der Waals surface area contributed by atoms with Crippen molar-refractivity contribution in [3.05, 3.63) is 47.8 Å². The van der Waals surface area contributed by atoms with Crippen LogP contribution in [0.5, 0.6) is 0 Å². The van der Waals surface area contributed by atoms with E-state index < -0.39 is 0 Å². The van der Waals surface area contributed by atoms with E-state index in [0.717, 1.165) is 17.4 Å². The number of benzene rings is 1. The molecule has 0 fully saturated rings. The molecular formula is C13H14N2O. The van der Waals surface area contributed by atoms with Gasteiger partial charge in [-0.15, -0.1) is 0 Å². The van der Waals surface area contributed by atoms with E-state index >= 15 is 0 Å². The zero-order valence-corrected chi connectivity index (χ0v) is 8.91. The minimum atomic E-state index is -0.292. The number of rotatable bonds is 3. The van der Waals surface area contributed by atoms with E-state index in [2.05, 4.69) is 0 Å². The Kier molecular flexibility index (Phi) is 3.17. The Morgan fingerprint density at radius 2 is 1.75 bits per heavy atom. The van der Waals surface area contributed by atoms with Crippen LogP contribution < -0.4 is 5.73 Å². The second-order valence-electron chi connectivity index (χ2n) is 3.68. The fourth-order valence-corrected chi connectivity index (χ4v) is 1.64. The van der Waals surface area contributed by atoms with Crippen LogP contribution in [-0.2, 0) is 4.79 Å². The monoisotopic (exact) mass is 214 g/mol. The van der Waals surface area contributed by atoms with Crippen molar-refractivity contribution >= 4 is 18.4 Å². The van der Waals surface area contributed by atoms with Crippen molar-refractivity contribution in [3.63, 3.8) is 0 Å². The van der Waals surface area contributed by atoms with Crippen molar-refractivity contribution in [2.45, 2.75) is 12.6 Å². The first-order valence-electron chi connectivity index (χ1n) is 5.23. The maximum Gasteiger partial charge on any atom is 0.123 e. The van der Waals surface area contributed by atoms with Gasteiger partial charge in [0.25, 0.3) is 0 Å². The van der Waals surface area contributed by atoms with E-state index in [1.165, 1.54) is 0 Å². The third-order valence-corrected chi connectivity index (χ3v) is 2.57. The standard InChI is InChI=1S/C13H14N2O/c14-13(7-10-16)15-8-5-11-3-1-2-4-12(11)6-9-15/h1-6,8-10,13H,7,14H2. The van der Waals surface area contributed by atoms with Gasteiger partial charge in [0.05, 0.1) is 6.17 Å². The maximum atomic E-state index is 10.4. The molecule has 2 rings (SSSR count). The van der Waals surface area contributed by atoms with Crippen LogP contribution in [0.2, 0.25) is 0 Å². The highest BCUT2D eigenvalue weighted by Crippen LogP contribution is 2.17. The molecule has 0 aliphatic carbocycles. The molecule has 0 radical (unpaired) electrons. The second-order valence-corrected chi connectivity index (χ2v) is 3.68. The number of carbonyl (C=O) groups excluding carboxylic acids is 1. The Bertz CT molecular complexity index is 404. The third kappa shape index (κ3) is 2.20. The van der Waals surface area contributed by atoms with Crippen LogP contribution in [-0.4, -0.2) is 17.4 Å². The van der Waals surface area contributed by atoms with Crippen LogP contribution in [0.1, 0.15) is 17.5 Å². The maximum absolute atomic E-state index is 10.4. The summed E-state index contributed by atoms with van der Waals surface area (Å²) in [5.41, 5.74) is 8.16. The highest BCUT2D eigenvalue weighted by molar-refractivity contribution is 5.66. The van der Waals surface area contributed by atoms with Gasteiger partial charge >= 0.3 is 0 Å². The normalized spacial score (nSPS) is 15.4. The highest BCUT2D eigenvalue weighted by atomic mass is 16.1. The Balaban J connectivity index is 2.23. The van der Waals surface area contributed by atoms with Gasteiger partial charge in [-0.1, -0.05) is 24.3 Å². The van der Waals surface area contributed by atoms with Crippen molar-refractivity contribution in [3.8, 4) is 0 Å². The zero-order chi connectivity index (χ0) is 11.4. The summed E-state index contributed by atoms with van der Waals surface area (Å²) in [5, 5.41) is 0. The molecule has 0 saturated carbocycles. The SMILES string of the molecule is NC(CC=O)N1C=Cc2ccccc2C=C1. The van der Waals surface area contributed by atoms with Crippen molar-refractivity contribution in [1.29, 1.82) is 0 Å². The molecular weight excluding hydrogens is 200 g/mol. The molecule has 3 heteroatoms. The van der Waals surface area contributed by atoms with Crippen molar-refractivity contribution in [2.24, 2.45) is 5.73 Å². The van der Waals surface area contributed by atoms with E-state index in [9.17, 15) is 4.79 Å². The van der Waals surface area contributed by atoms with E-state index in [1.807, 2.05) is 53.7 Å². The Labute approximate surface area is 94.9 Å². The summed E-state index contributed by atoms with van der Waals surface area (Å²) in [6, 6.07) is 8.09. The molecule has 1 atom stereocenters. The first-order chi connectivity index (χ1) is 7.81. The molecule has 0 amide bonds. The van der Waals surface area contributed by atoms with E-state index in [1.54, 1.807) is 0 Å². The second kappa shape index (κ2) is 4.77. The molecule has 1 aromatic rings. The summed E-state index contributed by atoms with van der Waals surface area (Å²) in [5.74, 6) is 0. The number of nitrogens with zero attached hydrogens (tertiary/aromatic N) is 1. The summed E-state index contributed by atoms with van der Waals surface area (Å²) in [7, 11) is 0. The van der Waals surface area contributed by atoms with Gasteiger partial charge in [0.15, 0.2) is 0 Å². The predicted molar refractivity (Wildman–Crippen MR) is 65.0 cm³/mol. The van der Waals surface area contributed by atoms with Crippen LogP contribution >= 0.6 is 0 Å². The first kappa shape index (κ1) is 10.6. The Morgan fingerprint density at radius 1 is 1.19 bits per heavy atom. The number of carbonyl (C=O) groups is 1. The largest absolute Gasteiger partial charge is 0.338 e. The highest BCUT2D eigenvalue weighted by Gasteiger charge is 2.09. The molecule has 0 bridgehead atoms. The average molecular weight is 214 g/mol. The number of nitrogens with two attached hydrogens (primary N) is 1. The summed E-state index contributed by atoms with van der Waals surface area (Å²) >= 11 is 0. The zero-order valence-electron chi connectivity index (χ0n) is 8.91. The van der Waals surface area contributed by atoms with Crippen LogP contribution in [0.25, 0.3) is 12.2 Å². The fraction of sp³-hybridized carbons (Fsp3) is 0.154. The molecule has 1 unspecified atom stereocenters. The number of hydrogen-bond acceptors (Lipinski definition) is 3. The van der Waals surface area contributed by atoms with Crippen molar-refractivity contribution < 1.29 is 4.79 Å². The minimum absolute atomic E-state index is 0.292. The molecule has 1 heterocycles. The van der Waals surface area contributed by atoms with Gasteiger partial charge in [0.1, 0.15) is 6.29 Å². The average Bonchev–Trinajstić information content (AvgIpc) is 2.51. The molecule has 16 heavy (non-hydrogen) atoms. The lowest BCUT2D eigenvalue weighted by molar-refractivity contribution is -0.108. The van der Waals surface area contributed by atoms with Gasteiger partial charge in [0.2, 0.25) is 0 Å². The molecule has 2 N–H and O–H groups in total. The minimum Gasteiger partial charge on any atom is -0.338 e. The fourth-order valence-electron chi connectivity index (χ4n) is 1.64. The Hall–Kier alpha value is -1.87. The topological polar surface area (TPSA) is 46.3 Å². The molecule has 1 aliphatic heterocycles. The van der Waals surface area contributed by atoms with Gasteiger partial charge in [-0.2, -0.15) is 0 Å². The van der Waals surface area contributed by atoms with Gasteiger partial charge in [-0.3, -0.25) is 0 Å². The summed E-state index contributed by atoms with van der Waals surface area (Å²) in [6.45, 7) is 0. The first-order valence-corrected chi connectivity index (χ1v) is 5.23. The molecule has 1 aromatic carbocycles. The molecule has 0 saturated heterocycles. The van der Waals surface area contributed by atoms with Crippen LogP contribution in [0.15, 0.2) is 36.7 Å². The summed E-state index contributed by atoms with van der Waals surface area (Å²) in [6.07, 6.45) is 8.67. The molecule has 1 aliphatic rings. The predicted octanol–water partition coefficient (Wildman–Crippen LogP) is 1.82. The van der Waals surface area contributed by atoms with Crippen LogP contribution in [0.3, 0.4) is 0 Å². The van der Waals surface area contributed by atoms with E-state index in [-0.39, 0.29) is 6.17 Å². The van der Waals surface area contributed by atoms with E-state index in [4.69, 9.17) is 5.73 Å². The molecule has 0 spiro atoms. The summed E-state index contributed by atoms with van der Waals surface area (Å²) in [4.78, 5) is 12.2. The van der Waals surface area contributed by atoms with Gasteiger partial charge in [0, 0.05) is 18.8 Å². The van der Waals surface area contributed by atoms with Gasteiger partial charge in [-0.05, 0) is 23.3 Å². The Morgan fingerprint density at radius 3 is 2.25 bits per heavy atom. The van der Waals surface area contributed by atoms with Gasteiger partial charge < -0.3 is 15.4 Å². The van der Waals surface area contributed by atoms with E-state index in [0.29, 0.717) is 6.42 Å². The lowest BCUT2D eigenvalue weighted by Crippen LogP contribution is -2.34. The molecule has 3 nitrogen and oxygen atoms in total. The lowest BCUT2D eigenvalue weighted by Gasteiger charge is -2.21. The lowest BCUT2D eigenvalue weighted by atomic mass is 10.1. The van der Waals surface area contributed by atoms with Crippen molar-refractivity contribution in [2.75, 3.05) is 0 Å². The van der Waals surface area contributed by atoms with Crippen LogP contribution in [0.4, 0.5) is 0 Å². The third-order valence-electron chi connectivity index (χ3n) is 2.57.